The van der Waals surface area contributed by atoms with Crippen molar-refractivity contribution in [2.24, 2.45) is 0 Å². The summed E-state index contributed by atoms with van der Waals surface area (Å²) in [5, 5.41) is 4.62. The Morgan fingerprint density at radius 2 is 1.89 bits per heavy atom. The van der Waals surface area contributed by atoms with Crippen molar-refractivity contribution in [1.29, 1.82) is 0 Å². The van der Waals surface area contributed by atoms with Crippen LogP contribution in [0.25, 0.3) is 17.0 Å². The van der Waals surface area contributed by atoms with E-state index in [4.69, 9.17) is 11.6 Å². The molecule has 0 saturated carbocycles. The number of hydrogen-bond acceptors (Lipinski definition) is 5. The lowest BCUT2D eigenvalue weighted by Crippen LogP contribution is -2.30. The first-order valence-corrected chi connectivity index (χ1v) is 12.3. The van der Waals surface area contributed by atoms with Crippen molar-refractivity contribution in [2.75, 3.05) is 6.54 Å². The number of halogens is 4. The third-order valence-corrected chi connectivity index (χ3v) is 7.02. The minimum atomic E-state index is -4.54. The summed E-state index contributed by atoms with van der Waals surface area (Å²) < 4.78 is 41.9. The molecule has 1 saturated heterocycles. The highest BCUT2D eigenvalue weighted by Gasteiger charge is 2.35. The molecular weight excluding hydrogens is 525 g/mol. The number of rotatable bonds is 6. The molecule has 5 rings (SSSR count). The summed E-state index contributed by atoms with van der Waals surface area (Å²) in [6.07, 6.45) is 2.50. The van der Waals surface area contributed by atoms with Gasteiger partial charge in [-0.25, -0.2) is 0 Å². The number of aromatic nitrogens is 3. The molecule has 37 heavy (non-hydrogen) atoms. The van der Waals surface area contributed by atoms with Crippen molar-refractivity contribution in [3.63, 3.8) is 0 Å². The molecule has 11 heteroatoms. The first kappa shape index (κ1) is 25.0. The Bertz CT molecular complexity index is 1540. The van der Waals surface area contributed by atoms with Crippen molar-refractivity contribution >= 4 is 51.5 Å². The number of amides is 2. The second-order valence-corrected chi connectivity index (χ2v) is 9.79. The molecule has 4 aromatic rings. The van der Waals surface area contributed by atoms with Gasteiger partial charge < -0.3 is 0 Å². The normalized spacial score (nSPS) is 15.4. The summed E-state index contributed by atoms with van der Waals surface area (Å²) in [4.78, 5) is 30.8. The summed E-state index contributed by atoms with van der Waals surface area (Å²) in [6.45, 7) is 0.162. The molecule has 0 aliphatic carbocycles. The predicted molar refractivity (Wildman–Crippen MR) is 136 cm³/mol. The van der Waals surface area contributed by atoms with E-state index >= 15 is 0 Å². The number of hydrogen-bond donors (Lipinski definition) is 0. The van der Waals surface area contributed by atoms with Crippen LogP contribution < -0.4 is 0 Å². The number of alkyl halides is 3. The number of carbonyl (C=O) groups is 2. The molecule has 0 unspecified atom stereocenters. The van der Waals surface area contributed by atoms with Crippen LogP contribution in [-0.4, -0.2) is 37.4 Å². The molecule has 1 aliphatic heterocycles. The largest absolute Gasteiger partial charge is 0.416 e. The van der Waals surface area contributed by atoms with Crippen molar-refractivity contribution in [1.82, 2.24) is 19.7 Å². The van der Waals surface area contributed by atoms with Gasteiger partial charge in [0, 0.05) is 29.3 Å². The highest BCUT2D eigenvalue weighted by atomic mass is 35.5. The fourth-order valence-electron chi connectivity index (χ4n) is 4.06. The van der Waals surface area contributed by atoms with E-state index in [1.165, 1.54) is 21.7 Å². The molecule has 3 heterocycles. The highest BCUT2D eigenvalue weighted by Crippen LogP contribution is 2.35. The Hall–Kier alpha value is -3.63. The van der Waals surface area contributed by atoms with E-state index in [9.17, 15) is 22.8 Å². The monoisotopic (exact) mass is 542 g/mol. The maximum atomic E-state index is 13.5. The molecule has 0 radical (unpaired) electrons. The fraction of sp³-hybridized carbons (Fsp3) is 0.154. The topological polar surface area (TPSA) is 68.1 Å². The number of pyridine rings is 1. The Kier molecular flexibility index (Phi) is 6.78. The van der Waals surface area contributed by atoms with Crippen LogP contribution in [0, 0.1) is 0 Å². The third kappa shape index (κ3) is 5.40. The van der Waals surface area contributed by atoms with E-state index < -0.39 is 11.7 Å². The Morgan fingerprint density at radius 3 is 2.65 bits per heavy atom. The van der Waals surface area contributed by atoms with E-state index in [1.54, 1.807) is 48.9 Å². The lowest BCUT2D eigenvalue weighted by molar-refractivity contribution is -0.138. The number of carbonyl (C=O) groups excluding carboxylic acids is 2. The zero-order valence-electron chi connectivity index (χ0n) is 19.1. The highest BCUT2D eigenvalue weighted by molar-refractivity contribution is 8.18. The second kappa shape index (κ2) is 10.0. The molecule has 1 fully saturated rings. The van der Waals surface area contributed by atoms with E-state index in [1.807, 2.05) is 6.07 Å². The molecule has 2 aromatic carbocycles. The summed E-state index contributed by atoms with van der Waals surface area (Å²) in [7, 11) is 0. The second-order valence-electron chi connectivity index (χ2n) is 8.36. The third-order valence-electron chi connectivity index (χ3n) is 5.88. The van der Waals surface area contributed by atoms with Gasteiger partial charge in [-0.15, -0.1) is 0 Å². The number of thioether (sulfide) groups is 1. The van der Waals surface area contributed by atoms with Gasteiger partial charge in [0.1, 0.15) is 0 Å². The van der Waals surface area contributed by atoms with Crippen molar-refractivity contribution < 1.29 is 22.8 Å². The van der Waals surface area contributed by atoms with Crippen molar-refractivity contribution in [2.45, 2.75) is 19.1 Å². The first-order valence-electron chi connectivity index (χ1n) is 11.1. The van der Waals surface area contributed by atoms with Gasteiger partial charge in [0.15, 0.2) is 0 Å². The molecule has 0 bridgehead atoms. The van der Waals surface area contributed by atoms with Gasteiger partial charge in [0.05, 0.1) is 28.7 Å². The van der Waals surface area contributed by atoms with Crippen LogP contribution in [0.2, 0.25) is 5.02 Å². The summed E-state index contributed by atoms with van der Waals surface area (Å²) in [5.41, 5.74) is 1.47. The molecule has 2 amide bonds. The molecule has 6 nitrogen and oxygen atoms in total. The molecule has 0 atom stereocenters. The number of nitrogens with zero attached hydrogens (tertiary/aromatic N) is 4. The van der Waals surface area contributed by atoms with Crippen LogP contribution in [-0.2, 0) is 23.9 Å². The SMILES string of the molecule is O=C1S/C(=C\c2ccc3c(cnn3Cc3ccc(Cl)cc3C(F)(F)F)c2)C(=O)N1CCc1cccnc1. The molecule has 188 valence electrons. The molecule has 1 aliphatic rings. The summed E-state index contributed by atoms with van der Waals surface area (Å²) in [5.74, 6) is -0.364. The van der Waals surface area contributed by atoms with Crippen molar-refractivity contribution in [3.8, 4) is 0 Å². The maximum absolute atomic E-state index is 13.5. The zero-order chi connectivity index (χ0) is 26.2. The van der Waals surface area contributed by atoms with Gasteiger partial charge in [0.2, 0.25) is 0 Å². The van der Waals surface area contributed by atoms with Crippen LogP contribution in [0.4, 0.5) is 18.0 Å². The minimum absolute atomic E-state index is 0.00697. The van der Waals surface area contributed by atoms with Crippen LogP contribution in [0.1, 0.15) is 22.3 Å². The van der Waals surface area contributed by atoms with Gasteiger partial charge in [0.25, 0.3) is 11.1 Å². The zero-order valence-corrected chi connectivity index (χ0v) is 20.6. The lowest BCUT2D eigenvalue weighted by atomic mass is 10.1. The van der Waals surface area contributed by atoms with Gasteiger partial charge in [-0.1, -0.05) is 29.8 Å². The summed E-state index contributed by atoms with van der Waals surface area (Å²) in [6, 6.07) is 12.6. The van der Waals surface area contributed by atoms with Gasteiger partial charge in [-0.3, -0.25) is 24.2 Å². The van der Waals surface area contributed by atoms with E-state index in [-0.39, 0.29) is 34.8 Å². The van der Waals surface area contributed by atoms with Gasteiger partial charge in [-0.2, -0.15) is 18.3 Å². The lowest BCUT2D eigenvalue weighted by Gasteiger charge is -2.14. The van der Waals surface area contributed by atoms with Crippen LogP contribution in [0.15, 0.2) is 72.0 Å². The molecule has 0 N–H and O–H groups in total. The Labute approximate surface area is 218 Å². The van der Waals surface area contributed by atoms with E-state index in [2.05, 4.69) is 10.1 Å². The van der Waals surface area contributed by atoms with Crippen LogP contribution in [0.3, 0.4) is 0 Å². The fourth-order valence-corrected chi connectivity index (χ4v) is 5.10. The predicted octanol–water partition coefficient (Wildman–Crippen LogP) is 6.43. The number of fused-ring (bicyclic) bond motifs is 1. The standard InChI is InChI=1S/C26H18ClF3N4O2S/c27-20-5-4-18(21(12-20)26(28,29)30)15-34-22-6-3-17(10-19(22)14-32-34)11-23-24(35)33(25(36)37-23)9-7-16-2-1-8-31-13-16/h1-6,8,10-14H,7,9,15H2/b23-11-. The maximum Gasteiger partial charge on any atom is 0.416 e. The Morgan fingerprint density at radius 1 is 1.05 bits per heavy atom. The number of benzene rings is 2. The van der Waals surface area contributed by atoms with E-state index in [0.717, 1.165) is 23.4 Å². The summed E-state index contributed by atoms with van der Waals surface area (Å²) >= 11 is 6.65. The minimum Gasteiger partial charge on any atom is -0.268 e. The average molecular weight is 543 g/mol. The van der Waals surface area contributed by atoms with Gasteiger partial charge in [-0.05, 0) is 71.3 Å². The molecule has 2 aromatic heterocycles. The van der Waals surface area contributed by atoms with Crippen molar-refractivity contribution in [3.05, 3.63) is 99.3 Å². The molecule has 0 spiro atoms. The Balaban J connectivity index is 1.35. The molecular formula is C26H18ClF3N4O2S. The number of imide groups is 1. The quantitative estimate of drug-likeness (QED) is 0.263. The van der Waals surface area contributed by atoms with Gasteiger partial charge >= 0.3 is 6.18 Å². The average Bonchev–Trinajstić information content (AvgIpc) is 3.38. The van der Waals surface area contributed by atoms with E-state index in [0.29, 0.717) is 27.8 Å². The van der Waals surface area contributed by atoms with Crippen LogP contribution >= 0.6 is 23.4 Å². The smallest absolute Gasteiger partial charge is 0.268 e. The first-order chi connectivity index (χ1) is 17.7. The van der Waals surface area contributed by atoms with Crippen LogP contribution in [0.5, 0.6) is 0 Å².